The minimum Gasteiger partial charge on any atom is -0.493 e. The molecule has 3 N–H and O–H groups in total. The zero-order chi connectivity index (χ0) is 13.2. The van der Waals surface area contributed by atoms with Gasteiger partial charge in [-0.15, -0.1) is 0 Å². The fourth-order valence-electron chi connectivity index (χ4n) is 1.38. The predicted molar refractivity (Wildman–Crippen MR) is 75.8 cm³/mol. The molecule has 100 valence electrons. The van der Waals surface area contributed by atoms with Gasteiger partial charge in [-0.1, -0.05) is 19.4 Å². The van der Waals surface area contributed by atoms with Crippen LogP contribution in [0.1, 0.15) is 30.1 Å². The van der Waals surface area contributed by atoms with Crippen LogP contribution in [0.3, 0.4) is 0 Å². The van der Waals surface area contributed by atoms with Gasteiger partial charge in [0.1, 0.15) is 5.75 Å². The Labute approximate surface area is 112 Å². The maximum atomic E-state index is 11.3. The third-order valence-corrected chi connectivity index (χ3v) is 3.40. The Balaban J connectivity index is 2.32. The van der Waals surface area contributed by atoms with Crippen molar-refractivity contribution in [2.45, 2.75) is 19.8 Å². The predicted octanol–water partition coefficient (Wildman–Crippen LogP) is 2.20. The second-order valence-corrected chi connectivity index (χ2v) is 5.04. The molecule has 1 aromatic rings. The molecule has 1 aromatic carbocycles. The van der Waals surface area contributed by atoms with Crippen LogP contribution in [-0.2, 0) is 0 Å². The topological polar surface area (TPSA) is 64.3 Å². The second kappa shape index (κ2) is 8.83. The normalized spacial score (nSPS) is 10.1. The molecule has 0 radical (unpaired) electrons. The van der Waals surface area contributed by atoms with Crippen LogP contribution in [0.25, 0.3) is 0 Å². The number of nitrogens with two attached hydrogens (primary N) is 1. The number of nitrogen functional groups attached to an aromatic ring is 1. The van der Waals surface area contributed by atoms with E-state index in [4.69, 9.17) is 10.6 Å². The quantitative estimate of drug-likeness (QED) is 0.328. The summed E-state index contributed by atoms with van der Waals surface area (Å²) < 4.78 is 5.58. The van der Waals surface area contributed by atoms with Crippen LogP contribution in [0.5, 0.6) is 5.75 Å². The van der Waals surface area contributed by atoms with Gasteiger partial charge in [0.25, 0.3) is 5.91 Å². The number of hydrogen-bond acceptors (Lipinski definition) is 4. The summed E-state index contributed by atoms with van der Waals surface area (Å²) in [6.45, 7) is 2.84. The van der Waals surface area contributed by atoms with E-state index in [1.54, 1.807) is 18.2 Å². The average molecular weight is 268 g/mol. The molecule has 0 bridgehead atoms. The standard InChI is InChI=1S/C13H20N2O2S/c1-2-3-8-18-9-7-17-12-6-4-5-11(10-12)13(16)15-14/h4-6,10H,2-3,7-9,14H2,1H3,(H,15,16). The van der Waals surface area contributed by atoms with E-state index >= 15 is 0 Å². The Morgan fingerprint density at radius 3 is 3.00 bits per heavy atom. The summed E-state index contributed by atoms with van der Waals surface area (Å²) in [7, 11) is 0. The van der Waals surface area contributed by atoms with E-state index < -0.39 is 0 Å². The maximum Gasteiger partial charge on any atom is 0.265 e. The molecule has 18 heavy (non-hydrogen) atoms. The highest BCUT2D eigenvalue weighted by atomic mass is 32.2. The highest BCUT2D eigenvalue weighted by molar-refractivity contribution is 7.99. The van der Waals surface area contributed by atoms with Gasteiger partial charge >= 0.3 is 0 Å². The summed E-state index contributed by atoms with van der Waals surface area (Å²) >= 11 is 1.89. The number of rotatable bonds is 8. The Bertz CT molecular complexity index is 372. The number of hydrogen-bond donors (Lipinski definition) is 2. The average Bonchev–Trinajstić information content (AvgIpc) is 2.42. The van der Waals surface area contributed by atoms with Gasteiger partial charge in [0, 0.05) is 11.3 Å². The smallest absolute Gasteiger partial charge is 0.265 e. The number of ether oxygens (including phenoxy) is 1. The number of unbranched alkanes of at least 4 members (excludes halogenated alkanes) is 1. The second-order valence-electron chi connectivity index (χ2n) is 3.82. The molecule has 0 aliphatic carbocycles. The van der Waals surface area contributed by atoms with Gasteiger partial charge in [-0.3, -0.25) is 10.2 Å². The van der Waals surface area contributed by atoms with Crippen LogP contribution in [0, 0.1) is 0 Å². The Hall–Kier alpha value is -1.20. The minimum absolute atomic E-state index is 0.308. The largest absolute Gasteiger partial charge is 0.493 e. The monoisotopic (exact) mass is 268 g/mol. The molecule has 0 atom stereocenters. The lowest BCUT2D eigenvalue weighted by molar-refractivity contribution is 0.0953. The molecule has 0 saturated carbocycles. The number of hydrazine groups is 1. The van der Waals surface area contributed by atoms with Gasteiger partial charge < -0.3 is 4.74 Å². The van der Waals surface area contributed by atoms with Crippen molar-refractivity contribution in [3.63, 3.8) is 0 Å². The van der Waals surface area contributed by atoms with E-state index in [1.807, 2.05) is 17.8 Å². The van der Waals surface area contributed by atoms with Gasteiger partial charge in [-0.25, -0.2) is 5.84 Å². The molecule has 4 nitrogen and oxygen atoms in total. The zero-order valence-electron chi connectivity index (χ0n) is 10.6. The summed E-state index contributed by atoms with van der Waals surface area (Å²) in [4.78, 5) is 11.3. The number of benzene rings is 1. The highest BCUT2D eigenvalue weighted by Gasteiger charge is 2.04. The van der Waals surface area contributed by atoms with Crippen molar-refractivity contribution in [1.29, 1.82) is 0 Å². The number of thioether (sulfide) groups is 1. The van der Waals surface area contributed by atoms with Crippen LogP contribution in [0.15, 0.2) is 24.3 Å². The maximum absolute atomic E-state index is 11.3. The van der Waals surface area contributed by atoms with Gasteiger partial charge in [0.15, 0.2) is 0 Å². The lowest BCUT2D eigenvalue weighted by Gasteiger charge is -2.07. The first-order chi connectivity index (χ1) is 8.77. The molecule has 0 aliphatic heterocycles. The number of nitrogens with one attached hydrogen (secondary N) is 1. The third-order valence-electron chi connectivity index (χ3n) is 2.37. The number of amides is 1. The van der Waals surface area contributed by atoms with E-state index in [1.165, 1.54) is 18.6 Å². The van der Waals surface area contributed by atoms with Crippen LogP contribution >= 0.6 is 11.8 Å². The van der Waals surface area contributed by atoms with Gasteiger partial charge in [0.2, 0.25) is 0 Å². The van der Waals surface area contributed by atoms with Crippen molar-refractivity contribution in [2.24, 2.45) is 5.84 Å². The van der Waals surface area contributed by atoms with Crippen molar-refractivity contribution in [2.75, 3.05) is 18.1 Å². The van der Waals surface area contributed by atoms with Crippen molar-refractivity contribution in [3.05, 3.63) is 29.8 Å². The highest BCUT2D eigenvalue weighted by Crippen LogP contribution is 2.14. The number of carbonyl (C=O) groups is 1. The Morgan fingerprint density at radius 2 is 2.28 bits per heavy atom. The van der Waals surface area contributed by atoms with Gasteiger partial charge in [-0.2, -0.15) is 11.8 Å². The summed E-state index contributed by atoms with van der Waals surface area (Å²) in [5.41, 5.74) is 2.61. The lowest BCUT2D eigenvalue weighted by Crippen LogP contribution is -2.29. The van der Waals surface area contributed by atoms with Gasteiger partial charge in [0.05, 0.1) is 6.61 Å². The van der Waals surface area contributed by atoms with Crippen LogP contribution in [0.4, 0.5) is 0 Å². The van der Waals surface area contributed by atoms with E-state index in [0.29, 0.717) is 17.9 Å². The van der Waals surface area contributed by atoms with Crippen molar-refractivity contribution in [1.82, 2.24) is 5.43 Å². The Morgan fingerprint density at radius 1 is 1.44 bits per heavy atom. The molecule has 0 heterocycles. The van der Waals surface area contributed by atoms with E-state index in [-0.39, 0.29) is 5.91 Å². The lowest BCUT2D eigenvalue weighted by atomic mass is 10.2. The summed E-state index contributed by atoms with van der Waals surface area (Å²) in [6, 6.07) is 7.01. The van der Waals surface area contributed by atoms with E-state index in [0.717, 1.165) is 5.75 Å². The fraction of sp³-hybridized carbons (Fsp3) is 0.462. The van der Waals surface area contributed by atoms with Crippen LogP contribution in [-0.4, -0.2) is 24.0 Å². The van der Waals surface area contributed by atoms with E-state index in [9.17, 15) is 4.79 Å². The number of carbonyl (C=O) groups excluding carboxylic acids is 1. The molecule has 0 fully saturated rings. The molecule has 0 saturated heterocycles. The molecule has 1 amide bonds. The Kier molecular flexibility index (Phi) is 7.29. The van der Waals surface area contributed by atoms with Crippen molar-refractivity contribution >= 4 is 17.7 Å². The van der Waals surface area contributed by atoms with Crippen molar-refractivity contribution < 1.29 is 9.53 Å². The zero-order valence-corrected chi connectivity index (χ0v) is 11.5. The molecule has 0 unspecified atom stereocenters. The first kappa shape index (κ1) is 14.9. The minimum atomic E-state index is -0.308. The molecule has 1 rings (SSSR count). The molecule has 0 aliphatic rings. The SMILES string of the molecule is CCCCSCCOc1cccc(C(=O)NN)c1. The molecular formula is C13H20N2O2S. The first-order valence-electron chi connectivity index (χ1n) is 6.09. The van der Waals surface area contributed by atoms with E-state index in [2.05, 4.69) is 12.3 Å². The molecule has 5 heteroatoms. The molecule has 0 aromatic heterocycles. The molecular weight excluding hydrogens is 248 g/mol. The molecule has 0 spiro atoms. The van der Waals surface area contributed by atoms with Crippen LogP contribution in [0.2, 0.25) is 0 Å². The summed E-state index contributed by atoms with van der Waals surface area (Å²) in [5, 5.41) is 0. The summed E-state index contributed by atoms with van der Waals surface area (Å²) in [6.07, 6.45) is 2.47. The first-order valence-corrected chi connectivity index (χ1v) is 7.25. The third kappa shape index (κ3) is 5.42. The fourth-order valence-corrected chi connectivity index (χ4v) is 2.28. The van der Waals surface area contributed by atoms with Gasteiger partial charge in [-0.05, 0) is 30.4 Å². The van der Waals surface area contributed by atoms with Crippen molar-refractivity contribution in [3.8, 4) is 5.75 Å². The summed E-state index contributed by atoms with van der Waals surface area (Å²) in [5.74, 6) is 7.61. The van der Waals surface area contributed by atoms with Crippen LogP contribution < -0.4 is 16.0 Å².